The molecule has 0 saturated heterocycles. The van der Waals surface area contributed by atoms with Gasteiger partial charge in [-0.05, 0) is 43.0 Å². The Hall–Kier alpha value is -1.05. The quantitative estimate of drug-likeness (QED) is 0.809. The lowest BCUT2D eigenvalue weighted by Crippen LogP contribution is -2.12. The first kappa shape index (κ1) is 12.4. The highest BCUT2D eigenvalue weighted by molar-refractivity contribution is 5.45. The third-order valence-electron chi connectivity index (χ3n) is 3.65. The van der Waals surface area contributed by atoms with Crippen LogP contribution in [-0.4, -0.2) is 6.54 Å². The van der Waals surface area contributed by atoms with Gasteiger partial charge in [-0.3, -0.25) is 0 Å². The van der Waals surface area contributed by atoms with E-state index >= 15 is 0 Å². The molecule has 1 aromatic carbocycles. The van der Waals surface area contributed by atoms with Crippen molar-refractivity contribution in [2.75, 3.05) is 11.9 Å². The Morgan fingerprint density at radius 2 is 1.94 bits per heavy atom. The summed E-state index contributed by atoms with van der Waals surface area (Å²) in [6.07, 6.45) is 8.17. The maximum absolute atomic E-state index is 13.2. The van der Waals surface area contributed by atoms with Crippen molar-refractivity contribution in [2.45, 2.75) is 45.4 Å². The Bertz CT molecular complexity index is 336. The Balaban J connectivity index is 1.77. The molecule has 94 valence electrons. The average molecular weight is 235 g/mol. The molecule has 2 heteroatoms. The number of rotatable bonds is 4. The second-order valence-electron chi connectivity index (χ2n) is 5.24. The fraction of sp³-hybridized carbons (Fsp3) is 0.600. The number of benzene rings is 1. The molecule has 1 aromatic rings. The highest BCUT2D eigenvalue weighted by Crippen LogP contribution is 2.26. The highest BCUT2D eigenvalue weighted by atomic mass is 19.1. The van der Waals surface area contributed by atoms with E-state index in [0.717, 1.165) is 23.7 Å². The van der Waals surface area contributed by atoms with Crippen LogP contribution >= 0.6 is 0 Å². The molecule has 1 saturated carbocycles. The lowest BCUT2D eigenvalue weighted by molar-refractivity contribution is 0.345. The molecule has 1 N–H and O–H groups in total. The maximum Gasteiger partial charge on any atom is 0.125 e. The molecule has 0 amide bonds. The lowest BCUT2D eigenvalue weighted by Gasteiger charge is -2.21. The molecule has 0 aliphatic heterocycles. The van der Waals surface area contributed by atoms with Crippen LogP contribution < -0.4 is 5.32 Å². The fourth-order valence-electron chi connectivity index (χ4n) is 2.73. The zero-order chi connectivity index (χ0) is 12.1. The molecular weight excluding hydrogens is 213 g/mol. The molecule has 1 aliphatic carbocycles. The van der Waals surface area contributed by atoms with Crippen LogP contribution in [0.4, 0.5) is 10.1 Å². The van der Waals surface area contributed by atoms with Crippen LogP contribution in [0.3, 0.4) is 0 Å². The minimum absolute atomic E-state index is 0.148. The van der Waals surface area contributed by atoms with Crippen LogP contribution in [0.25, 0.3) is 0 Å². The van der Waals surface area contributed by atoms with E-state index < -0.39 is 0 Å². The van der Waals surface area contributed by atoms with E-state index in [9.17, 15) is 4.39 Å². The van der Waals surface area contributed by atoms with Crippen molar-refractivity contribution in [3.63, 3.8) is 0 Å². The Kier molecular flexibility index (Phi) is 4.41. The molecular formula is C15H22FN. The Labute approximate surface area is 103 Å². The van der Waals surface area contributed by atoms with E-state index in [4.69, 9.17) is 0 Å². The van der Waals surface area contributed by atoms with Crippen LogP contribution in [-0.2, 0) is 0 Å². The first-order valence-corrected chi connectivity index (χ1v) is 6.75. The summed E-state index contributed by atoms with van der Waals surface area (Å²) >= 11 is 0. The smallest absolute Gasteiger partial charge is 0.125 e. The standard InChI is InChI=1S/C15H22FN/c1-12-9-14(16)11-15(10-12)17-8-7-13-5-3-2-4-6-13/h9-11,13,17H,2-8H2,1H3. The summed E-state index contributed by atoms with van der Waals surface area (Å²) < 4.78 is 13.2. The monoisotopic (exact) mass is 235 g/mol. The highest BCUT2D eigenvalue weighted by Gasteiger charge is 2.12. The van der Waals surface area contributed by atoms with Gasteiger partial charge in [0.05, 0.1) is 0 Å². The van der Waals surface area contributed by atoms with Crippen molar-refractivity contribution < 1.29 is 4.39 Å². The first-order valence-electron chi connectivity index (χ1n) is 6.75. The topological polar surface area (TPSA) is 12.0 Å². The fourth-order valence-corrected chi connectivity index (χ4v) is 2.73. The zero-order valence-corrected chi connectivity index (χ0v) is 10.6. The molecule has 0 atom stereocenters. The second-order valence-corrected chi connectivity index (χ2v) is 5.24. The maximum atomic E-state index is 13.2. The van der Waals surface area contributed by atoms with Crippen molar-refractivity contribution >= 4 is 5.69 Å². The largest absolute Gasteiger partial charge is 0.385 e. The van der Waals surface area contributed by atoms with Crippen LogP contribution in [0.1, 0.15) is 44.1 Å². The van der Waals surface area contributed by atoms with Crippen molar-refractivity contribution in [1.82, 2.24) is 0 Å². The number of nitrogens with one attached hydrogen (secondary N) is 1. The number of hydrogen-bond acceptors (Lipinski definition) is 1. The van der Waals surface area contributed by atoms with Crippen LogP contribution in [0.5, 0.6) is 0 Å². The number of hydrogen-bond donors (Lipinski definition) is 1. The summed E-state index contributed by atoms with van der Waals surface area (Å²) in [4.78, 5) is 0. The SMILES string of the molecule is Cc1cc(F)cc(NCCC2CCCCC2)c1. The van der Waals surface area contributed by atoms with Gasteiger partial charge in [0.15, 0.2) is 0 Å². The molecule has 2 rings (SSSR count). The molecule has 1 fully saturated rings. The predicted molar refractivity (Wildman–Crippen MR) is 70.8 cm³/mol. The second kappa shape index (κ2) is 6.04. The van der Waals surface area contributed by atoms with Crippen molar-refractivity contribution in [1.29, 1.82) is 0 Å². The molecule has 0 aromatic heterocycles. The lowest BCUT2D eigenvalue weighted by atomic mass is 9.87. The van der Waals surface area contributed by atoms with Gasteiger partial charge in [0.25, 0.3) is 0 Å². The van der Waals surface area contributed by atoms with Crippen LogP contribution in [0.15, 0.2) is 18.2 Å². The van der Waals surface area contributed by atoms with Crippen molar-refractivity contribution in [2.24, 2.45) is 5.92 Å². The van der Waals surface area contributed by atoms with Gasteiger partial charge in [-0.15, -0.1) is 0 Å². The number of anilines is 1. The molecule has 1 nitrogen and oxygen atoms in total. The van der Waals surface area contributed by atoms with E-state index in [1.54, 1.807) is 12.1 Å². The van der Waals surface area contributed by atoms with Crippen molar-refractivity contribution in [3.05, 3.63) is 29.6 Å². The number of aryl methyl sites for hydroxylation is 1. The van der Waals surface area contributed by atoms with Gasteiger partial charge in [-0.2, -0.15) is 0 Å². The third kappa shape index (κ3) is 4.03. The summed E-state index contributed by atoms with van der Waals surface area (Å²) in [5, 5.41) is 3.33. The Morgan fingerprint density at radius 1 is 1.18 bits per heavy atom. The van der Waals surface area contributed by atoms with Crippen LogP contribution in [0.2, 0.25) is 0 Å². The summed E-state index contributed by atoms with van der Waals surface area (Å²) in [5.74, 6) is 0.732. The van der Waals surface area contributed by atoms with E-state index in [-0.39, 0.29) is 5.82 Å². The molecule has 17 heavy (non-hydrogen) atoms. The molecule has 0 bridgehead atoms. The molecule has 0 unspecified atom stereocenters. The first-order chi connectivity index (χ1) is 8.24. The van der Waals surface area contributed by atoms with Crippen LogP contribution in [0, 0.1) is 18.7 Å². The van der Waals surface area contributed by atoms with Gasteiger partial charge >= 0.3 is 0 Å². The van der Waals surface area contributed by atoms with Gasteiger partial charge in [0, 0.05) is 12.2 Å². The minimum atomic E-state index is -0.148. The summed E-state index contributed by atoms with van der Waals surface area (Å²) in [6.45, 7) is 2.89. The zero-order valence-electron chi connectivity index (χ0n) is 10.6. The van der Waals surface area contributed by atoms with Gasteiger partial charge in [0.2, 0.25) is 0 Å². The van der Waals surface area contributed by atoms with Gasteiger partial charge in [-0.1, -0.05) is 32.1 Å². The van der Waals surface area contributed by atoms with E-state index in [1.165, 1.54) is 38.5 Å². The summed E-state index contributed by atoms with van der Waals surface area (Å²) in [5.41, 5.74) is 1.89. The predicted octanol–water partition coefficient (Wildman–Crippen LogP) is 4.52. The van der Waals surface area contributed by atoms with E-state index in [1.807, 2.05) is 13.0 Å². The number of halogens is 1. The van der Waals surface area contributed by atoms with Gasteiger partial charge < -0.3 is 5.32 Å². The molecule has 0 heterocycles. The minimum Gasteiger partial charge on any atom is -0.385 e. The van der Waals surface area contributed by atoms with E-state index in [2.05, 4.69) is 5.32 Å². The molecule has 1 aliphatic rings. The van der Waals surface area contributed by atoms with E-state index in [0.29, 0.717) is 0 Å². The summed E-state index contributed by atoms with van der Waals surface area (Å²) in [6, 6.07) is 5.14. The molecule has 0 radical (unpaired) electrons. The van der Waals surface area contributed by atoms with Crippen molar-refractivity contribution in [3.8, 4) is 0 Å². The van der Waals surface area contributed by atoms with Gasteiger partial charge in [0.1, 0.15) is 5.82 Å². The Morgan fingerprint density at radius 3 is 2.65 bits per heavy atom. The molecule has 0 spiro atoms. The third-order valence-corrected chi connectivity index (χ3v) is 3.65. The summed E-state index contributed by atoms with van der Waals surface area (Å²) in [7, 11) is 0. The van der Waals surface area contributed by atoms with Gasteiger partial charge in [-0.25, -0.2) is 4.39 Å². The normalized spacial score (nSPS) is 17.1. The average Bonchev–Trinajstić information content (AvgIpc) is 2.29.